The van der Waals surface area contributed by atoms with E-state index in [1.54, 1.807) is 76.8 Å². The van der Waals surface area contributed by atoms with Crippen molar-refractivity contribution in [2.24, 2.45) is 41.4 Å². The van der Waals surface area contributed by atoms with Crippen LogP contribution in [-0.2, 0) is 67.1 Å². The van der Waals surface area contributed by atoms with Gasteiger partial charge in [-0.15, -0.1) is 0 Å². The van der Waals surface area contributed by atoms with Crippen LogP contribution in [-0.4, -0.2) is 312 Å². The molecule has 36 heteroatoms. The fourth-order valence-electron chi connectivity index (χ4n) is 16.9. The van der Waals surface area contributed by atoms with Gasteiger partial charge in [0.25, 0.3) is 0 Å². The zero-order chi connectivity index (χ0) is 98.0. The van der Waals surface area contributed by atoms with E-state index in [0.29, 0.717) is 85.7 Å². The number of nitrogens with one attached hydrogen (secondary N) is 7. The van der Waals surface area contributed by atoms with E-state index < -0.39 is 162 Å². The van der Waals surface area contributed by atoms with Crippen LogP contribution in [0.5, 0.6) is 5.75 Å². The number of likely N-dealkylation sites (N-methyl/N-ethyl adjacent to an activating group) is 7. The summed E-state index contributed by atoms with van der Waals surface area (Å²) < 4.78 is 21.7. The highest BCUT2D eigenvalue weighted by molar-refractivity contribution is 6.35. The van der Waals surface area contributed by atoms with E-state index in [1.165, 1.54) is 99.8 Å². The van der Waals surface area contributed by atoms with Crippen molar-refractivity contribution in [3.63, 3.8) is 0 Å². The monoisotopic (exact) mass is 1850 g/mol. The number of halogens is 2. The second kappa shape index (κ2) is 50.9. The highest BCUT2D eigenvalue weighted by Crippen LogP contribution is 2.45. The highest BCUT2D eigenvalue weighted by atomic mass is 35.5. The standard InChI is InChI=1S/C95H148ClFN18O16/c1-25-67-90(126)107(18)53-76(119)108(19)68(48-54(3)4)87(123)104-79(58(11)12)93(129)109(20)69(49-55(5)6)86(122)101-61(16)85(121)102-62(17)89(125)110(21)70(50-56(7)8)91(127)111(22)71(51-57(9)10)92(128)112(23)81(59(13)14)94(130)113(24)82(88(124)103-67)83(120)60(15)34-31-38-73(116)98-40-29-27-28-30-41-99-74(117)39-42-100-95-105-80-63-35-33-47-131-72-37-32-36-66(97)78(72)77(63)65(96)52-64(80)84(106-95)115-45-43-114(44-46-115)75(118)26-2/h26,32-33,35-37,52,54-62,67-71,79,81-83,120H,2,25,27-31,34,38-51,53H2,1,3-24H3,(H,98,116)(H,99,117)(H,101,122)(H,102,121)(H,103,124)(H,104,123)(H,100,105,106)/t60-,61+,62-,67+,68+,69+,70+,71+,79+,81+,82+,83-/m1/s1. The molecule has 3 aliphatic heterocycles. The summed E-state index contributed by atoms with van der Waals surface area (Å²) in [6.07, 6.45) is 6.84. The molecule has 0 radical (unpaired) electrons. The summed E-state index contributed by atoms with van der Waals surface area (Å²) in [6.45, 7) is 33.6. The summed E-state index contributed by atoms with van der Waals surface area (Å²) >= 11 is 7.05. The zero-order valence-electron chi connectivity index (χ0n) is 81.4. The minimum Gasteiger partial charge on any atom is -0.489 e. The number of benzene rings is 2. The van der Waals surface area contributed by atoms with Crippen molar-refractivity contribution in [2.75, 3.05) is 119 Å². The molecule has 2 aromatic carbocycles. The summed E-state index contributed by atoms with van der Waals surface area (Å²) in [5, 5.41) is 33.7. The average molecular weight is 1850 g/mol. The molecule has 12 atom stereocenters. The zero-order valence-corrected chi connectivity index (χ0v) is 82.2. The third kappa shape index (κ3) is 29.7. The van der Waals surface area contributed by atoms with Gasteiger partial charge in [-0.3, -0.25) is 67.1 Å². The molecule has 0 bridgehead atoms. The molecule has 0 aliphatic carbocycles. The normalized spacial score (nSPS) is 22.4. The Morgan fingerprint density at radius 2 is 1.11 bits per heavy atom. The fourth-order valence-corrected chi connectivity index (χ4v) is 17.2. The lowest BCUT2D eigenvalue weighted by Gasteiger charge is -2.41. The second-order valence-electron chi connectivity index (χ2n) is 37.7. The molecule has 1 aromatic heterocycles. The van der Waals surface area contributed by atoms with Gasteiger partial charge in [-0.1, -0.05) is 140 Å². The maximum Gasteiger partial charge on any atom is 0.246 e. The number of fused-ring (bicyclic) bond motifs is 5. The lowest BCUT2D eigenvalue weighted by molar-refractivity contribution is -0.157. The number of unbranched alkanes of at least 4 members (excludes halogenated alkanes) is 3. The molecular formula is C95H148ClFN18O16. The molecule has 4 heterocycles. The summed E-state index contributed by atoms with van der Waals surface area (Å²) in [4.78, 5) is 225. The van der Waals surface area contributed by atoms with Crippen LogP contribution in [0.25, 0.3) is 28.1 Å². The molecule has 14 amide bonds. The van der Waals surface area contributed by atoms with Gasteiger partial charge in [0, 0.05) is 125 Å². The van der Waals surface area contributed by atoms with Crippen LogP contribution in [0, 0.1) is 47.2 Å². The third-order valence-corrected chi connectivity index (χ3v) is 24.9. The summed E-state index contributed by atoms with van der Waals surface area (Å²) in [6, 6.07) is -6.76. The van der Waals surface area contributed by atoms with Crippen molar-refractivity contribution in [2.45, 2.75) is 261 Å². The molecule has 0 spiro atoms. The van der Waals surface area contributed by atoms with Crippen molar-refractivity contribution in [1.82, 2.24) is 81.1 Å². The minimum absolute atomic E-state index is 0.0263. The van der Waals surface area contributed by atoms with Crippen LogP contribution in [0.3, 0.4) is 0 Å². The van der Waals surface area contributed by atoms with Crippen molar-refractivity contribution in [3.8, 4) is 16.9 Å². The number of piperazine rings is 1. The Bertz CT molecular complexity index is 4540. The van der Waals surface area contributed by atoms with Crippen molar-refractivity contribution >= 4 is 123 Å². The van der Waals surface area contributed by atoms with Gasteiger partial charge in [0.05, 0.1) is 28.8 Å². The number of aliphatic hydroxyl groups excluding tert-OH is 1. The van der Waals surface area contributed by atoms with Gasteiger partial charge in [0.15, 0.2) is 0 Å². The Labute approximate surface area is 778 Å². The first-order chi connectivity index (χ1) is 61.6. The average Bonchev–Trinajstić information content (AvgIpc) is 0.738. The predicted octanol–water partition coefficient (Wildman–Crippen LogP) is 7.41. The highest BCUT2D eigenvalue weighted by Gasteiger charge is 2.47. The molecule has 8 N–H and O–H groups in total. The number of hydrogen-bond donors (Lipinski definition) is 8. The molecule has 34 nitrogen and oxygen atoms in total. The van der Waals surface area contributed by atoms with Gasteiger partial charge in [0.1, 0.15) is 84.4 Å². The van der Waals surface area contributed by atoms with Crippen LogP contribution in [0.15, 0.2) is 43.0 Å². The van der Waals surface area contributed by atoms with Crippen LogP contribution in [0.4, 0.5) is 16.2 Å². The minimum atomic E-state index is -1.76. The van der Waals surface area contributed by atoms with Gasteiger partial charge < -0.3 is 91.2 Å². The van der Waals surface area contributed by atoms with Crippen molar-refractivity contribution in [3.05, 3.63) is 59.4 Å². The number of anilines is 2. The van der Waals surface area contributed by atoms with E-state index in [-0.39, 0.29) is 129 Å². The van der Waals surface area contributed by atoms with Gasteiger partial charge in [0.2, 0.25) is 88.6 Å². The van der Waals surface area contributed by atoms with Crippen molar-refractivity contribution < 1.29 is 81.4 Å². The van der Waals surface area contributed by atoms with E-state index in [0.717, 1.165) is 22.6 Å². The van der Waals surface area contributed by atoms with Crippen LogP contribution >= 0.6 is 11.6 Å². The van der Waals surface area contributed by atoms with Crippen LogP contribution in [0.1, 0.15) is 200 Å². The largest absolute Gasteiger partial charge is 0.489 e. The summed E-state index contributed by atoms with van der Waals surface area (Å²) in [5.41, 5.74) is 1.66. The molecule has 0 unspecified atom stereocenters. The Balaban J connectivity index is 1.18. The molecule has 6 rings (SSSR count). The molecule has 3 aliphatic rings. The van der Waals surface area contributed by atoms with E-state index in [4.69, 9.17) is 26.3 Å². The van der Waals surface area contributed by atoms with Gasteiger partial charge >= 0.3 is 0 Å². The van der Waals surface area contributed by atoms with Crippen LogP contribution < -0.4 is 46.9 Å². The van der Waals surface area contributed by atoms with Gasteiger partial charge in [-0.25, -0.2) is 9.37 Å². The number of hydrogen-bond acceptors (Lipinski definition) is 20. The third-order valence-electron chi connectivity index (χ3n) is 24.6. The Morgan fingerprint density at radius 3 is 1.66 bits per heavy atom. The van der Waals surface area contributed by atoms with E-state index >= 15 is 23.6 Å². The molecule has 728 valence electrons. The molecule has 131 heavy (non-hydrogen) atoms. The number of ether oxygens (including phenoxy) is 1. The first kappa shape index (κ1) is 109. The number of rotatable bonds is 30. The lowest BCUT2D eigenvalue weighted by atomic mass is 9.90. The Kier molecular flexibility index (Phi) is 42.4. The number of aliphatic hydroxyl groups is 1. The molecule has 2 fully saturated rings. The maximum absolute atomic E-state index is 15.8. The molecule has 3 aromatic rings. The number of carbonyl (C=O) groups excluding carboxylic acids is 14. The van der Waals surface area contributed by atoms with E-state index in [2.05, 4.69) is 43.8 Å². The number of carbonyl (C=O) groups is 14. The topological polar surface area (TPSA) is 408 Å². The fraction of sp³-hybridized carbons (Fsp3) is 0.663. The number of nitrogens with zero attached hydrogens (tertiary/aromatic N) is 11. The van der Waals surface area contributed by atoms with Crippen molar-refractivity contribution in [1.29, 1.82) is 0 Å². The maximum atomic E-state index is 15.8. The Morgan fingerprint density at radius 1 is 0.580 bits per heavy atom. The molecular weight excluding hydrogens is 1700 g/mol. The van der Waals surface area contributed by atoms with E-state index in [9.17, 15) is 53.1 Å². The number of amides is 14. The second-order valence-corrected chi connectivity index (χ2v) is 38.1. The first-order valence-electron chi connectivity index (χ1n) is 46.4. The van der Waals surface area contributed by atoms with Gasteiger partial charge in [-0.2, -0.15) is 4.98 Å². The summed E-state index contributed by atoms with van der Waals surface area (Å²) in [7, 11) is 9.74. The smallest absolute Gasteiger partial charge is 0.246 e. The quantitative estimate of drug-likeness (QED) is 0.0238. The van der Waals surface area contributed by atoms with Gasteiger partial charge in [-0.05, 0) is 143 Å². The molecule has 0 saturated carbocycles. The number of aromatic nitrogens is 2. The summed E-state index contributed by atoms with van der Waals surface area (Å²) in [5.74, 6) is -10.9. The molecule has 2 saturated heterocycles. The Hall–Kier alpha value is -10.6. The lowest BCUT2D eigenvalue weighted by Crippen LogP contribution is -2.63. The first-order valence-corrected chi connectivity index (χ1v) is 46.8. The van der Waals surface area contributed by atoms with Crippen LogP contribution in [0.2, 0.25) is 5.02 Å². The predicted molar refractivity (Wildman–Crippen MR) is 504 cm³/mol. The van der Waals surface area contributed by atoms with E-state index in [1.807, 2.05) is 60.3 Å². The SMILES string of the molecule is C=CC(=O)N1CCN(c2nc(NCCC(=O)NCCCCCCNC(=O)CCC[C@@H](C)[C@@H](O)[C@H]3C(=O)N[C@@H](CC)C(=O)N(C)CC(=O)N(C)[C@@H](CC(C)C)C(=O)N[C@@H](C(C)C)C(=O)N(C)[C@@H](CC(C)C)C(=O)N[C@@H](C)C(=O)N[C@H](C)C(=O)N(C)[C@@H](CC(C)C)C(=O)N(C)[C@@H](CC(C)C)C(=O)N(C)[C@@H](C(C)C)C(=O)N3C)nc3c4c(c(Cl)cc23)-c2c(F)cccc2OCC=C4)CC1.